The van der Waals surface area contributed by atoms with Crippen molar-refractivity contribution in [2.24, 2.45) is 17.3 Å². The van der Waals surface area contributed by atoms with Gasteiger partial charge in [-0.05, 0) is 30.7 Å². The van der Waals surface area contributed by atoms with Gasteiger partial charge in [0.2, 0.25) is 5.91 Å². The fourth-order valence-corrected chi connectivity index (χ4v) is 4.28. The topological polar surface area (TPSA) is 32.3 Å². The minimum Gasteiger partial charge on any atom is -0.354 e. The molecule has 2 aliphatic heterocycles. The van der Waals surface area contributed by atoms with E-state index in [0.717, 1.165) is 37.8 Å². The predicted octanol–water partition coefficient (Wildman–Crippen LogP) is 2.25. The molecule has 0 spiro atoms. The highest BCUT2D eigenvalue weighted by Crippen LogP contribution is 2.33. The van der Waals surface area contributed by atoms with Crippen LogP contribution in [0.3, 0.4) is 0 Å². The van der Waals surface area contributed by atoms with Gasteiger partial charge in [0.05, 0.1) is 5.92 Å². The molecule has 3 unspecified atom stereocenters. The molecule has 2 aliphatic rings. The molecule has 1 N–H and O–H groups in total. The summed E-state index contributed by atoms with van der Waals surface area (Å²) in [7, 11) is 0. The average molecular weight is 317 g/mol. The molecule has 18 heavy (non-hydrogen) atoms. The van der Waals surface area contributed by atoms with Crippen molar-refractivity contribution in [1.82, 2.24) is 10.2 Å². The van der Waals surface area contributed by atoms with E-state index in [4.69, 9.17) is 0 Å². The monoisotopic (exact) mass is 316 g/mol. The van der Waals surface area contributed by atoms with Crippen LogP contribution in [0.1, 0.15) is 33.6 Å². The lowest BCUT2D eigenvalue weighted by atomic mass is 9.80. The molecule has 2 heterocycles. The third-order valence-corrected chi connectivity index (χ3v) is 5.36. The van der Waals surface area contributed by atoms with E-state index in [1.54, 1.807) is 0 Å². The lowest BCUT2D eigenvalue weighted by Gasteiger charge is -2.41. The van der Waals surface area contributed by atoms with Crippen LogP contribution in [-0.2, 0) is 4.79 Å². The van der Waals surface area contributed by atoms with E-state index in [9.17, 15) is 4.79 Å². The SMILES string of the molecule is CC(C)(C)C(CBr)CN1CCCC2C(=O)NCC21. The zero-order chi connectivity index (χ0) is 13.3. The number of fused-ring (bicyclic) bond motifs is 1. The maximum Gasteiger partial charge on any atom is 0.224 e. The quantitative estimate of drug-likeness (QED) is 0.810. The zero-order valence-corrected chi connectivity index (χ0v) is 13.3. The number of nitrogens with zero attached hydrogens (tertiary/aromatic N) is 1. The van der Waals surface area contributed by atoms with Crippen molar-refractivity contribution < 1.29 is 4.79 Å². The summed E-state index contributed by atoms with van der Waals surface area (Å²) in [5.41, 5.74) is 0.312. The average Bonchev–Trinajstić information content (AvgIpc) is 2.67. The van der Waals surface area contributed by atoms with Crippen LogP contribution in [0.4, 0.5) is 0 Å². The number of amides is 1. The number of rotatable bonds is 3. The van der Waals surface area contributed by atoms with Crippen molar-refractivity contribution in [3.8, 4) is 0 Å². The Labute approximate surface area is 119 Å². The first-order valence-corrected chi connectivity index (χ1v) is 8.13. The molecule has 2 rings (SSSR count). The van der Waals surface area contributed by atoms with Gasteiger partial charge in [0.1, 0.15) is 0 Å². The lowest BCUT2D eigenvalue weighted by Crippen LogP contribution is -2.49. The second-order valence-electron chi connectivity index (χ2n) is 6.77. The molecule has 0 bridgehead atoms. The van der Waals surface area contributed by atoms with Crippen LogP contribution in [0.25, 0.3) is 0 Å². The summed E-state index contributed by atoms with van der Waals surface area (Å²) in [5, 5.41) is 4.06. The second-order valence-corrected chi connectivity index (χ2v) is 7.42. The molecule has 104 valence electrons. The first-order chi connectivity index (χ1) is 8.43. The Balaban J connectivity index is 2.02. The fraction of sp³-hybridized carbons (Fsp3) is 0.929. The number of likely N-dealkylation sites (tertiary alicyclic amines) is 1. The van der Waals surface area contributed by atoms with E-state index < -0.39 is 0 Å². The van der Waals surface area contributed by atoms with Crippen molar-refractivity contribution in [3.05, 3.63) is 0 Å². The van der Waals surface area contributed by atoms with Gasteiger partial charge in [0.15, 0.2) is 0 Å². The van der Waals surface area contributed by atoms with Crippen LogP contribution in [0.15, 0.2) is 0 Å². The van der Waals surface area contributed by atoms with E-state index in [1.165, 1.54) is 0 Å². The molecular weight excluding hydrogens is 292 g/mol. The first-order valence-electron chi connectivity index (χ1n) is 7.01. The Morgan fingerprint density at radius 2 is 2.22 bits per heavy atom. The van der Waals surface area contributed by atoms with Gasteiger partial charge in [-0.1, -0.05) is 36.7 Å². The molecule has 4 heteroatoms. The van der Waals surface area contributed by atoms with Crippen molar-refractivity contribution >= 4 is 21.8 Å². The molecule has 0 aliphatic carbocycles. The summed E-state index contributed by atoms with van der Waals surface area (Å²) >= 11 is 3.65. The van der Waals surface area contributed by atoms with Gasteiger partial charge < -0.3 is 5.32 Å². The highest BCUT2D eigenvalue weighted by Gasteiger charge is 2.41. The number of halogens is 1. The van der Waals surface area contributed by atoms with Gasteiger partial charge in [0, 0.05) is 24.5 Å². The summed E-state index contributed by atoms with van der Waals surface area (Å²) < 4.78 is 0. The van der Waals surface area contributed by atoms with Gasteiger partial charge in [-0.15, -0.1) is 0 Å². The standard InChI is InChI=1S/C14H25BrN2O/c1-14(2,3)10(7-15)9-17-6-4-5-11-12(17)8-16-13(11)18/h10-12H,4-9H2,1-3H3,(H,16,18). The van der Waals surface area contributed by atoms with Crippen molar-refractivity contribution in [2.75, 3.05) is 25.0 Å². The van der Waals surface area contributed by atoms with Gasteiger partial charge in [0.25, 0.3) is 0 Å². The van der Waals surface area contributed by atoms with Crippen molar-refractivity contribution in [2.45, 2.75) is 39.7 Å². The van der Waals surface area contributed by atoms with Gasteiger partial charge in [-0.3, -0.25) is 9.69 Å². The molecule has 3 atom stereocenters. The summed E-state index contributed by atoms with van der Waals surface area (Å²) in [6, 6.07) is 0.440. The first kappa shape index (κ1) is 14.3. The summed E-state index contributed by atoms with van der Waals surface area (Å²) in [6.45, 7) is 10.0. The smallest absolute Gasteiger partial charge is 0.224 e. The van der Waals surface area contributed by atoms with E-state index >= 15 is 0 Å². The summed E-state index contributed by atoms with van der Waals surface area (Å²) in [4.78, 5) is 14.3. The van der Waals surface area contributed by atoms with E-state index in [0.29, 0.717) is 17.4 Å². The molecule has 0 aromatic rings. The van der Waals surface area contributed by atoms with Crippen LogP contribution < -0.4 is 5.32 Å². The Bertz CT molecular complexity index is 313. The molecule has 0 aromatic carbocycles. The number of carbonyl (C=O) groups excluding carboxylic acids is 1. The second kappa shape index (κ2) is 5.49. The number of hydrogen-bond acceptors (Lipinski definition) is 2. The normalized spacial score (nSPS) is 31.0. The summed E-state index contributed by atoms with van der Waals surface area (Å²) in [5.74, 6) is 1.15. The lowest BCUT2D eigenvalue weighted by molar-refractivity contribution is -0.124. The molecule has 1 amide bonds. The molecule has 3 nitrogen and oxygen atoms in total. The van der Waals surface area contributed by atoms with E-state index in [-0.39, 0.29) is 11.8 Å². The Kier molecular flexibility index (Phi) is 4.37. The van der Waals surface area contributed by atoms with Crippen LogP contribution in [0.2, 0.25) is 0 Å². The van der Waals surface area contributed by atoms with Crippen LogP contribution in [0.5, 0.6) is 0 Å². The summed E-state index contributed by atoms with van der Waals surface area (Å²) in [6.07, 6.45) is 2.23. The van der Waals surface area contributed by atoms with E-state index in [1.807, 2.05) is 0 Å². The zero-order valence-electron chi connectivity index (χ0n) is 11.7. The third kappa shape index (κ3) is 2.90. The third-order valence-electron chi connectivity index (χ3n) is 4.58. The van der Waals surface area contributed by atoms with Crippen LogP contribution >= 0.6 is 15.9 Å². The number of hydrogen-bond donors (Lipinski definition) is 1. The van der Waals surface area contributed by atoms with Crippen LogP contribution in [0, 0.1) is 17.3 Å². The number of alkyl halides is 1. The number of piperidine rings is 1. The maximum absolute atomic E-state index is 11.8. The predicted molar refractivity (Wildman–Crippen MR) is 77.8 cm³/mol. The Hall–Kier alpha value is -0.0900. The number of nitrogens with one attached hydrogen (secondary N) is 1. The van der Waals surface area contributed by atoms with Crippen molar-refractivity contribution in [1.29, 1.82) is 0 Å². The molecule has 0 radical (unpaired) electrons. The largest absolute Gasteiger partial charge is 0.354 e. The van der Waals surface area contributed by atoms with Gasteiger partial charge in [-0.25, -0.2) is 0 Å². The molecule has 0 saturated carbocycles. The van der Waals surface area contributed by atoms with Gasteiger partial charge in [-0.2, -0.15) is 0 Å². The molecule has 0 aromatic heterocycles. The molecular formula is C14H25BrN2O. The Morgan fingerprint density at radius 3 is 2.83 bits per heavy atom. The molecule has 2 fully saturated rings. The minimum atomic E-state index is 0.245. The molecule has 2 saturated heterocycles. The van der Waals surface area contributed by atoms with Gasteiger partial charge >= 0.3 is 0 Å². The highest BCUT2D eigenvalue weighted by atomic mass is 79.9. The number of carbonyl (C=O) groups is 1. The minimum absolute atomic E-state index is 0.245. The van der Waals surface area contributed by atoms with Crippen LogP contribution in [-0.4, -0.2) is 41.8 Å². The fourth-order valence-electron chi connectivity index (χ4n) is 3.10. The van der Waals surface area contributed by atoms with E-state index in [2.05, 4.69) is 46.9 Å². The van der Waals surface area contributed by atoms with Crippen molar-refractivity contribution in [3.63, 3.8) is 0 Å². The Morgan fingerprint density at radius 1 is 1.50 bits per heavy atom. The maximum atomic E-state index is 11.8. The highest BCUT2D eigenvalue weighted by molar-refractivity contribution is 9.09.